The van der Waals surface area contributed by atoms with Crippen LogP contribution in [0.4, 0.5) is 15.8 Å². The summed E-state index contributed by atoms with van der Waals surface area (Å²) in [6.07, 6.45) is 1.53. The van der Waals surface area contributed by atoms with Gasteiger partial charge in [0, 0.05) is 36.7 Å². The first-order valence-corrected chi connectivity index (χ1v) is 10.3. The molecule has 2 aromatic carbocycles. The SMILES string of the molecule is C=Nc1cc(OC)cc(O[C@H](C)C2COC2)c1C(=NC)Nc1ccc2ncccc2c1F. The van der Waals surface area contributed by atoms with Gasteiger partial charge in [-0.2, -0.15) is 0 Å². The average molecular weight is 436 g/mol. The Morgan fingerprint density at radius 1 is 1.31 bits per heavy atom. The molecule has 1 aliphatic rings. The van der Waals surface area contributed by atoms with Crippen molar-refractivity contribution in [3.63, 3.8) is 0 Å². The van der Waals surface area contributed by atoms with Gasteiger partial charge in [0.15, 0.2) is 5.82 Å². The second-order valence-corrected chi connectivity index (χ2v) is 7.49. The summed E-state index contributed by atoms with van der Waals surface area (Å²) in [5.41, 5.74) is 1.92. The average Bonchev–Trinajstić information content (AvgIpc) is 2.77. The number of nitrogens with one attached hydrogen (secondary N) is 1. The lowest BCUT2D eigenvalue weighted by atomic mass is 10.0. The van der Waals surface area contributed by atoms with Crippen LogP contribution >= 0.6 is 0 Å². The number of aliphatic imine (C=N–C) groups is 2. The van der Waals surface area contributed by atoms with E-state index in [0.29, 0.717) is 52.7 Å². The van der Waals surface area contributed by atoms with Crippen molar-refractivity contribution < 1.29 is 18.6 Å². The fourth-order valence-electron chi connectivity index (χ4n) is 3.54. The first-order chi connectivity index (χ1) is 15.5. The van der Waals surface area contributed by atoms with Crippen LogP contribution in [-0.2, 0) is 4.74 Å². The van der Waals surface area contributed by atoms with E-state index in [1.165, 1.54) is 0 Å². The molecule has 1 saturated heterocycles. The Labute approximate surface area is 186 Å². The molecule has 1 fully saturated rings. The highest BCUT2D eigenvalue weighted by atomic mass is 19.1. The van der Waals surface area contributed by atoms with E-state index < -0.39 is 5.82 Å². The number of benzene rings is 2. The van der Waals surface area contributed by atoms with E-state index in [-0.39, 0.29) is 17.7 Å². The third-order valence-electron chi connectivity index (χ3n) is 5.53. The maximum atomic E-state index is 15.2. The molecule has 32 heavy (non-hydrogen) atoms. The molecule has 0 aliphatic carbocycles. The maximum Gasteiger partial charge on any atom is 0.156 e. The summed E-state index contributed by atoms with van der Waals surface area (Å²) >= 11 is 0. The Hall–Kier alpha value is -3.52. The van der Waals surface area contributed by atoms with E-state index in [0.717, 1.165) is 0 Å². The van der Waals surface area contributed by atoms with Gasteiger partial charge in [0.25, 0.3) is 0 Å². The molecule has 1 aliphatic heterocycles. The van der Waals surface area contributed by atoms with Crippen LogP contribution < -0.4 is 14.8 Å². The van der Waals surface area contributed by atoms with Gasteiger partial charge in [0.1, 0.15) is 23.4 Å². The summed E-state index contributed by atoms with van der Waals surface area (Å²) in [7, 11) is 3.19. The number of aromatic nitrogens is 1. The minimum atomic E-state index is -0.416. The van der Waals surface area contributed by atoms with Crippen molar-refractivity contribution in [3.8, 4) is 11.5 Å². The first kappa shape index (κ1) is 21.7. The summed E-state index contributed by atoms with van der Waals surface area (Å²) in [6, 6.07) is 10.3. The van der Waals surface area contributed by atoms with Gasteiger partial charge in [0.2, 0.25) is 0 Å². The molecule has 1 atom stereocenters. The smallest absolute Gasteiger partial charge is 0.156 e. The molecule has 1 aromatic heterocycles. The number of anilines is 1. The van der Waals surface area contributed by atoms with E-state index in [9.17, 15) is 0 Å². The predicted molar refractivity (Wildman–Crippen MR) is 124 cm³/mol. The van der Waals surface area contributed by atoms with Crippen molar-refractivity contribution in [2.45, 2.75) is 13.0 Å². The zero-order valence-corrected chi connectivity index (χ0v) is 18.3. The molecule has 0 amide bonds. The second kappa shape index (κ2) is 9.32. The van der Waals surface area contributed by atoms with E-state index in [1.54, 1.807) is 56.8 Å². The van der Waals surface area contributed by atoms with Crippen molar-refractivity contribution in [1.82, 2.24) is 4.98 Å². The van der Waals surface area contributed by atoms with Crippen LogP contribution in [-0.4, -0.2) is 51.0 Å². The monoisotopic (exact) mass is 436 g/mol. The van der Waals surface area contributed by atoms with Crippen LogP contribution in [0.15, 0.2) is 52.6 Å². The molecule has 0 spiro atoms. The van der Waals surface area contributed by atoms with E-state index in [2.05, 4.69) is 27.0 Å². The molecular formula is C24H25FN4O3. The number of ether oxygens (including phenoxy) is 3. The Kier molecular flexibility index (Phi) is 6.32. The normalized spacial score (nSPS) is 15.2. The number of fused-ring (bicyclic) bond motifs is 1. The molecule has 1 N–H and O–H groups in total. The molecule has 4 rings (SSSR count). The summed E-state index contributed by atoms with van der Waals surface area (Å²) < 4.78 is 32.2. The molecule has 7 nitrogen and oxygen atoms in total. The van der Waals surface area contributed by atoms with Crippen molar-refractivity contribution >= 4 is 34.8 Å². The lowest BCUT2D eigenvalue weighted by Crippen LogP contribution is -2.39. The summed E-state index contributed by atoms with van der Waals surface area (Å²) in [5.74, 6) is 1.35. The van der Waals surface area contributed by atoms with Crippen molar-refractivity contribution in [3.05, 3.63) is 54.0 Å². The van der Waals surface area contributed by atoms with E-state index in [1.807, 2.05) is 6.92 Å². The molecule has 0 saturated carbocycles. The van der Waals surface area contributed by atoms with Crippen LogP contribution in [0.2, 0.25) is 0 Å². The fourth-order valence-corrected chi connectivity index (χ4v) is 3.54. The van der Waals surface area contributed by atoms with Crippen molar-refractivity contribution in [2.24, 2.45) is 15.9 Å². The highest BCUT2D eigenvalue weighted by Crippen LogP contribution is 2.37. The summed E-state index contributed by atoms with van der Waals surface area (Å²) in [4.78, 5) is 12.7. The number of rotatable bonds is 7. The Bertz CT molecular complexity index is 1180. The Morgan fingerprint density at radius 3 is 2.78 bits per heavy atom. The van der Waals surface area contributed by atoms with E-state index >= 15 is 4.39 Å². The summed E-state index contributed by atoms with van der Waals surface area (Å²) in [6.45, 7) is 6.97. The molecule has 166 valence electrons. The summed E-state index contributed by atoms with van der Waals surface area (Å²) in [5, 5.41) is 3.52. The van der Waals surface area contributed by atoms with Gasteiger partial charge in [-0.3, -0.25) is 15.0 Å². The fraction of sp³-hybridized carbons (Fsp3) is 0.292. The van der Waals surface area contributed by atoms with Crippen LogP contribution in [0.25, 0.3) is 10.9 Å². The zero-order valence-electron chi connectivity index (χ0n) is 18.3. The number of halogens is 1. The molecule has 3 aromatic rings. The number of nitrogens with zero attached hydrogens (tertiary/aromatic N) is 3. The minimum absolute atomic E-state index is 0.103. The molecular weight excluding hydrogens is 411 g/mol. The number of hydrogen-bond donors (Lipinski definition) is 1. The van der Waals surface area contributed by atoms with Crippen LogP contribution in [0.3, 0.4) is 0 Å². The minimum Gasteiger partial charge on any atom is -0.497 e. The highest BCUT2D eigenvalue weighted by molar-refractivity contribution is 6.14. The van der Waals surface area contributed by atoms with Gasteiger partial charge in [-0.1, -0.05) is 0 Å². The van der Waals surface area contributed by atoms with Gasteiger partial charge in [-0.05, 0) is 37.9 Å². The number of methoxy groups -OCH3 is 1. The van der Waals surface area contributed by atoms with Gasteiger partial charge in [-0.25, -0.2) is 4.39 Å². The van der Waals surface area contributed by atoms with Crippen LogP contribution in [0, 0.1) is 11.7 Å². The number of hydrogen-bond acceptors (Lipinski definition) is 6. The molecule has 0 bridgehead atoms. The van der Waals surface area contributed by atoms with Crippen LogP contribution in [0.1, 0.15) is 12.5 Å². The largest absolute Gasteiger partial charge is 0.497 e. The third kappa shape index (κ3) is 4.13. The predicted octanol–water partition coefficient (Wildman–Crippen LogP) is 4.62. The van der Waals surface area contributed by atoms with Crippen molar-refractivity contribution in [2.75, 3.05) is 32.7 Å². The molecule has 2 heterocycles. The Balaban J connectivity index is 1.75. The lowest BCUT2D eigenvalue weighted by molar-refractivity contribution is -0.0777. The quantitative estimate of drug-likeness (QED) is 0.432. The van der Waals surface area contributed by atoms with Crippen molar-refractivity contribution in [1.29, 1.82) is 0 Å². The van der Waals surface area contributed by atoms with E-state index in [4.69, 9.17) is 14.2 Å². The first-order valence-electron chi connectivity index (χ1n) is 10.3. The highest BCUT2D eigenvalue weighted by Gasteiger charge is 2.28. The second-order valence-electron chi connectivity index (χ2n) is 7.49. The topological polar surface area (TPSA) is 77.3 Å². The molecule has 8 heteroatoms. The molecule has 0 radical (unpaired) electrons. The zero-order chi connectivity index (χ0) is 22.7. The number of amidine groups is 1. The lowest BCUT2D eigenvalue weighted by Gasteiger charge is -2.32. The number of pyridine rings is 1. The molecule has 0 unspecified atom stereocenters. The standard InChI is InChI=1S/C24H25FN4O3/c1-14(15-12-31-13-15)32-21-11-16(30-4)10-20(26-2)22(21)24(27-3)29-19-8-7-18-17(23(19)25)6-5-9-28-18/h5-11,14-15H,2,12-13H2,1,3-4H3,(H,27,29)/t14-/m1/s1. The third-order valence-corrected chi connectivity index (χ3v) is 5.53. The van der Waals surface area contributed by atoms with Gasteiger partial charge < -0.3 is 19.5 Å². The Morgan fingerprint density at radius 2 is 2.12 bits per heavy atom. The van der Waals surface area contributed by atoms with Gasteiger partial charge >= 0.3 is 0 Å². The van der Waals surface area contributed by atoms with Crippen LogP contribution in [0.5, 0.6) is 11.5 Å². The van der Waals surface area contributed by atoms with Gasteiger partial charge in [-0.15, -0.1) is 0 Å². The van der Waals surface area contributed by atoms with Gasteiger partial charge in [0.05, 0.1) is 42.8 Å². The maximum absolute atomic E-state index is 15.2.